The first-order valence-corrected chi connectivity index (χ1v) is 4.91. The van der Waals surface area contributed by atoms with E-state index in [9.17, 15) is 10.1 Å². The van der Waals surface area contributed by atoms with Gasteiger partial charge in [-0.05, 0) is 0 Å². The number of pyridine rings is 1. The van der Waals surface area contributed by atoms with Crippen molar-refractivity contribution in [2.75, 3.05) is 0 Å². The Balaban J connectivity index is 2.61. The van der Waals surface area contributed by atoms with Gasteiger partial charge in [0, 0.05) is 17.8 Å². The topological polar surface area (TPSA) is 56.0 Å². The summed E-state index contributed by atoms with van der Waals surface area (Å²) in [5.74, 6) is 0. The normalized spacial score (nSPS) is 10.1. The molecule has 0 aliphatic heterocycles. The van der Waals surface area contributed by atoms with E-state index in [0.717, 1.165) is 0 Å². The van der Waals surface area contributed by atoms with Gasteiger partial charge in [-0.25, -0.2) is 4.98 Å². The summed E-state index contributed by atoms with van der Waals surface area (Å²) in [6.07, 6.45) is 1.40. The second kappa shape index (κ2) is 4.28. The highest BCUT2D eigenvalue weighted by Gasteiger charge is 2.16. The number of aromatic nitrogens is 1. The Morgan fingerprint density at radius 3 is 2.56 bits per heavy atom. The number of hydrogen-bond acceptors (Lipinski definition) is 3. The van der Waals surface area contributed by atoms with E-state index in [1.165, 1.54) is 12.3 Å². The fourth-order valence-corrected chi connectivity index (χ4v) is 1.54. The fourth-order valence-electron chi connectivity index (χ4n) is 1.39. The van der Waals surface area contributed by atoms with E-state index in [-0.39, 0.29) is 10.7 Å². The van der Waals surface area contributed by atoms with Crippen LogP contribution >= 0.6 is 11.6 Å². The van der Waals surface area contributed by atoms with Crippen LogP contribution < -0.4 is 0 Å². The monoisotopic (exact) mass is 234 g/mol. The number of nitrogens with zero attached hydrogens (tertiary/aromatic N) is 2. The molecule has 5 heteroatoms. The van der Waals surface area contributed by atoms with Crippen LogP contribution in [-0.4, -0.2) is 9.91 Å². The highest BCUT2D eigenvalue weighted by atomic mass is 35.5. The fraction of sp³-hybridized carbons (Fsp3) is 0. The predicted octanol–water partition coefficient (Wildman–Crippen LogP) is 3.31. The summed E-state index contributed by atoms with van der Waals surface area (Å²) in [5.41, 5.74) is 0.944. The molecule has 0 spiro atoms. The lowest BCUT2D eigenvalue weighted by atomic mass is 10.1. The minimum absolute atomic E-state index is 0.0845. The first-order valence-electron chi connectivity index (χ1n) is 4.54. The maximum atomic E-state index is 10.9. The first-order chi connectivity index (χ1) is 7.68. The molecule has 0 atom stereocenters. The quantitative estimate of drug-likeness (QED) is 0.592. The standard InChI is InChI=1S/C11H7ClN2O2/c12-9-6-10(14(15)16)11(13-7-9)8-4-2-1-3-5-8/h1-7H. The molecule has 0 fully saturated rings. The van der Waals surface area contributed by atoms with E-state index in [1.54, 1.807) is 24.3 Å². The Labute approximate surface area is 96.7 Å². The second-order valence-electron chi connectivity index (χ2n) is 3.14. The number of benzene rings is 1. The molecule has 1 aromatic carbocycles. The molecule has 0 amide bonds. The summed E-state index contributed by atoms with van der Waals surface area (Å²) < 4.78 is 0. The molecule has 1 aromatic heterocycles. The molecule has 0 saturated carbocycles. The van der Waals surface area contributed by atoms with Gasteiger partial charge in [0.15, 0.2) is 0 Å². The Morgan fingerprint density at radius 1 is 1.25 bits per heavy atom. The van der Waals surface area contributed by atoms with Gasteiger partial charge in [-0.15, -0.1) is 0 Å². The summed E-state index contributed by atoms with van der Waals surface area (Å²) in [6, 6.07) is 10.3. The summed E-state index contributed by atoms with van der Waals surface area (Å²) in [4.78, 5) is 14.4. The molecule has 0 aliphatic rings. The van der Waals surface area contributed by atoms with E-state index in [0.29, 0.717) is 11.3 Å². The zero-order chi connectivity index (χ0) is 11.5. The van der Waals surface area contributed by atoms with E-state index in [1.807, 2.05) is 6.07 Å². The molecule has 0 bridgehead atoms. The molecular weight excluding hydrogens is 228 g/mol. The molecular formula is C11H7ClN2O2. The molecule has 80 valence electrons. The lowest BCUT2D eigenvalue weighted by Gasteiger charge is -2.01. The highest BCUT2D eigenvalue weighted by molar-refractivity contribution is 6.30. The molecule has 0 aliphatic carbocycles. The van der Waals surface area contributed by atoms with Crippen molar-refractivity contribution in [2.45, 2.75) is 0 Å². The summed E-state index contributed by atoms with van der Waals surface area (Å²) in [7, 11) is 0. The van der Waals surface area contributed by atoms with E-state index >= 15 is 0 Å². The zero-order valence-electron chi connectivity index (χ0n) is 8.13. The van der Waals surface area contributed by atoms with Crippen LogP contribution in [0.1, 0.15) is 0 Å². The van der Waals surface area contributed by atoms with E-state index in [2.05, 4.69) is 4.98 Å². The smallest absolute Gasteiger partial charge is 0.258 e. The van der Waals surface area contributed by atoms with Crippen molar-refractivity contribution in [3.05, 3.63) is 57.7 Å². The number of hydrogen-bond donors (Lipinski definition) is 0. The van der Waals surface area contributed by atoms with Crippen LogP contribution in [0.15, 0.2) is 42.6 Å². The maximum Gasteiger partial charge on any atom is 0.296 e. The number of nitro groups is 1. The zero-order valence-corrected chi connectivity index (χ0v) is 8.89. The second-order valence-corrected chi connectivity index (χ2v) is 3.58. The van der Waals surface area contributed by atoms with Crippen LogP contribution in [0, 0.1) is 10.1 Å². The largest absolute Gasteiger partial charge is 0.296 e. The van der Waals surface area contributed by atoms with Crippen molar-refractivity contribution in [3.8, 4) is 11.3 Å². The molecule has 0 saturated heterocycles. The molecule has 1 heterocycles. The molecule has 16 heavy (non-hydrogen) atoms. The third kappa shape index (κ3) is 2.01. The van der Waals surface area contributed by atoms with Crippen molar-refractivity contribution in [2.24, 2.45) is 0 Å². The summed E-state index contributed by atoms with van der Waals surface area (Å²) >= 11 is 5.68. The molecule has 0 unspecified atom stereocenters. The van der Waals surface area contributed by atoms with Crippen LogP contribution in [0.5, 0.6) is 0 Å². The van der Waals surface area contributed by atoms with Gasteiger partial charge >= 0.3 is 0 Å². The molecule has 2 aromatic rings. The van der Waals surface area contributed by atoms with Crippen molar-refractivity contribution in [1.29, 1.82) is 0 Å². The van der Waals surface area contributed by atoms with Gasteiger partial charge in [-0.2, -0.15) is 0 Å². The Hall–Kier alpha value is -1.94. The van der Waals surface area contributed by atoms with Crippen LogP contribution in [0.4, 0.5) is 5.69 Å². The van der Waals surface area contributed by atoms with Crippen LogP contribution in [0.25, 0.3) is 11.3 Å². The molecule has 0 radical (unpaired) electrons. The molecule has 4 nitrogen and oxygen atoms in total. The molecule has 2 rings (SSSR count). The summed E-state index contributed by atoms with van der Waals surface area (Å²) in [6.45, 7) is 0. The van der Waals surface area contributed by atoms with Crippen LogP contribution in [0.2, 0.25) is 5.02 Å². The van der Waals surface area contributed by atoms with Gasteiger partial charge in [0.05, 0.1) is 9.95 Å². The predicted molar refractivity (Wildman–Crippen MR) is 61.3 cm³/mol. The minimum Gasteiger partial charge on any atom is -0.258 e. The van der Waals surface area contributed by atoms with Gasteiger partial charge < -0.3 is 0 Å². The Bertz CT molecular complexity index is 529. The maximum absolute atomic E-state index is 10.9. The first kappa shape index (κ1) is 10.6. The third-order valence-electron chi connectivity index (χ3n) is 2.08. The Morgan fingerprint density at radius 2 is 1.94 bits per heavy atom. The van der Waals surface area contributed by atoms with Crippen molar-refractivity contribution < 1.29 is 4.92 Å². The minimum atomic E-state index is -0.485. The lowest BCUT2D eigenvalue weighted by molar-refractivity contribution is -0.384. The van der Waals surface area contributed by atoms with E-state index in [4.69, 9.17) is 11.6 Å². The van der Waals surface area contributed by atoms with Crippen molar-refractivity contribution >= 4 is 17.3 Å². The average molecular weight is 235 g/mol. The van der Waals surface area contributed by atoms with Gasteiger partial charge in [0.25, 0.3) is 5.69 Å². The third-order valence-corrected chi connectivity index (χ3v) is 2.28. The van der Waals surface area contributed by atoms with E-state index < -0.39 is 4.92 Å². The van der Waals surface area contributed by atoms with Gasteiger partial charge in [-0.1, -0.05) is 41.9 Å². The summed E-state index contributed by atoms with van der Waals surface area (Å²) in [5, 5.41) is 11.1. The molecule has 0 N–H and O–H groups in total. The number of halogens is 1. The number of rotatable bonds is 2. The SMILES string of the molecule is O=[N+]([O-])c1cc(Cl)cnc1-c1ccccc1. The van der Waals surface area contributed by atoms with Crippen LogP contribution in [-0.2, 0) is 0 Å². The Kier molecular flexibility index (Phi) is 2.83. The average Bonchev–Trinajstić information content (AvgIpc) is 2.30. The van der Waals surface area contributed by atoms with Gasteiger partial charge in [0.1, 0.15) is 5.69 Å². The van der Waals surface area contributed by atoms with Crippen LogP contribution in [0.3, 0.4) is 0 Å². The highest BCUT2D eigenvalue weighted by Crippen LogP contribution is 2.29. The van der Waals surface area contributed by atoms with Gasteiger partial charge in [-0.3, -0.25) is 10.1 Å². The lowest BCUT2D eigenvalue weighted by Crippen LogP contribution is -1.94. The van der Waals surface area contributed by atoms with Crippen molar-refractivity contribution in [1.82, 2.24) is 4.98 Å². The van der Waals surface area contributed by atoms with Gasteiger partial charge in [0.2, 0.25) is 0 Å². The van der Waals surface area contributed by atoms with Crippen molar-refractivity contribution in [3.63, 3.8) is 0 Å².